The van der Waals surface area contributed by atoms with Gasteiger partial charge in [-0.15, -0.1) is 0 Å². The van der Waals surface area contributed by atoms with Gasteiger partial charge in [-0.1, -0.05) is 19.8 Å². The fraction of sp³-hybridized carbons (Fsp3) is 1.00. The minimum Gasteiger partial charge on any atom is -0.396 e. The summed E-state index contributed by atoms with van der Waals surface area (Å²) in [6.07, 6.45) is 5.47. The monoisotopic (exact) mass is 215 g/mol. The maximum atomic E-state index is 9.89. The molecular weight excluding hydrogens is 190 g/mol. The summed E-state index contributed by atoms with van der Waals surface area (Å²) in [6, 6.07) is 0.391. The Balaban J connectivity index is 2.35. The molecule has 0 bridgehead atoms. The molecule has 1 fully saturated rings. The lowest BCUT2D eigenvalue weighted by molar-refractivity contribution is 0.0446. The van der Waals surface area contributed by atoms with Crippen molar-refractivity contribution in [2.24, 2.45) is 5.92 Å². The van der Waals surface area contributed by atoms with Gasteiger partial charge in [0.25, 0.3) is 0 Å². The molecule has 1 aliphatic carbocycles. The number of hydrogen-bond acceptors (Lipinski definition) is 3. The minimum atomic E-state index is -0.614. The highest BCUT2D eigenvalue weighted by atomic mass is 16.3. The second-order valence-corrected chi connectivity index (χ2v) is 5.06. The van der Waals surface area contributed by atoms with Crippen LogP contribution in [-0.4, -0.2) is 35.0 Å². The second kappa shape index (κ2) is 5.83. The molecule has 1 aliphatic rings. The fourth-order valence-electron chi connectivity index (χ4n) is 2.17. The van der Waals surface area contributed by atoms with Crippen LogP contribution in [0.3, 0.4) is 0 Å². The normalized spacial score (nSPS) is 31.2. The summed E-state index contributed by atoms with van der Waals surface area (Å²) in [5.41, 5.74) is -0.614. The molecule has 3 N–H and O–H groups in total. The SMILES string of the molecule is CCC(C)(O)CNC1CCCCC1CO. The highest BCUT2D eigenvalue weighted by molar-refractivity contribution is 4.83. The van der Waals surface area contributed by atoms with Crippen LogP contribution in [0.2, 0.25) is 0 Å². The van der Waals surface area contributed by atoms with E-state index in [1.165, 1.54) is 12.8 Å². The van der Waals surface area contributed by atoms with E-state index in [0.29, 0.717) is 18.5 Å². The molecule has 0 amide bonds. The number of hydrogen-bond donors (Lipinski definition) is 3. The van der Waals surface area contributed by atoms with Gasteiger partial charge in [-0.2, -0.15) is 0 Å². The Morgan fingerprint density at radius 3 is 2.60 bits per heavy atom. The molecule has 0 radical (unpaired) electrons. The van der Waals surface area contributed by atoms with Gasteiger partial charge in [0, 0.05) is 19.2 Å². The van der Waals surface area contributed by atoms with Gasteiger partial charge in [0.05, 0.1) is 5.60 Å². The molecule has 0 aliphatic heterocycles. The topological polar surface area (TPSA) is 52.5 Å². The van der Waals surface area contributed by atoms with Crippen molar-refractivity contribution in [2.45, 2.75) is 57.6 Å². The maximum absolute atomic E-state index is 9.89. The van der Waals surface area contributed by atoms with Crippen LogP contribution in [0.15, 0.2) is 0 Å². The van der Waals surface area contributed by atoms with Crippen molar-refractivity contribution in [1.82, 2.24) is 5.32 Å². The zero-order valence-electron chi connectivity index (χ0n) is 10.00. The van der Waals surface area contributed by atoms with Crippen molar-refractivity contribution in [3.8, 4) is 0 Å². The first-order valence-corrected chi connectivity index (χ1v) is 6.15. The third kappa shape index (κ3) is 4.09. The zero-order valence-corrected chi connectivity index (χ0v) is 10.00. The summed E-state index contributed by atoms with van der Waals surface area (Å²) in [4.78, 5) is 0. The predicted molar refractivity (Wildman–Crippen MR) is 61.7 cm³/mol. The van der Waals surface area contributed by atoms with Gasteiger partial charge < -0.3 is 15.5 Å². The highest BCUT2D eigenvalue weighted by Crippen LogP contribution is 2.24. The van der Waals surface area contributed by atoms with E-state index >= 15 is 0 Å². The molecule has 0 aromatic rings. The lowest BCUT2D eigenvalue weighted by Gasteiger charge is -2.33. The second-order valence-electron chi connectivity index (χ2n) is 5.06. The van der Waals surface area contributed by atoms with Crippen LogP contribution in [0.4, 0.5) is 0 Å². The summed E-state index contributed by atoms with van der Waals surface area (Å²) in [5.74, 6) is 0.381. The van der Waals surface area contributed by atoms with Gasteiger partial charge in [-0.25, -0.2) is 0 Å². The van der Waals surface area contributed by atoms with Crippen LogP contribution < -0.4 is 5.32 Å². The van der Waals surface area contributed by atoms with Crippen molar-refractivity contribution in [3.63, 3.8) is 0 Å². The largest absolute Gasteiger partial charge is 0.396 e. The van der Waals surface area contributed by atoms with Gasteiger partial charge in [0.2, 0.25) is 0 Å². The third-order valence-electron chi connectivity index (χ3n) is 3.65. The van der Waals surface area contributed by atoms with E-state index in [2.05, 4.69) is 5.32 Å². The summed E-state index contributed by atoms with van der Waals surface area (Å²) < 4.78 is 0. The van der Waals surface area contributed by atoms with E-state index in [4.69, 9.17) is 0 Å². The Kier molecular flexibility index (Phi) is 5.03. The molecule has 3 nitrogen and oxygen atoms in total. The van der Waals surface area contributed by atoms with Crippen molar-refractivity contribution in [2.75, 3.05) is 13.2 Å². The van der Waals surface area contributed by atoms with Gasteiger partial charge >= 0.3 is 0 Å². The van der Waals surface area contributed by atoms with E-state index in [9.17, 15) is 10.2 Å². The first-order chi connectivity index (χ1) is 7.09. The standard InChI is InChI=1S/C12H25NO2/c1-3-12(2,15)9-13-11-7-5-4-6-10(11)8-14/h10-11,13-15H,3-9H2,1-2H3. The summed E-state index contributed by atoms with van der Waals surface area (Å²) in [5, 5.41) is 22.5. The first kappa shape index (κ1) is 12.9. The third-order valence-corrected chi connectivity index (χ3v) is 3.65. The molecule has 3 unspecified atom stereocenters. The smallest absolute Gasteiger partial charge is 0.0741 e. The van der Waals surface area contributed by atoms with E-state index < -0.39 is 5.60 Å². The number of aliphatic hydroxyl groups excluding tert-OH is 1. The summed E-state index contributed by atoms with van der Waals surface area (Å²) >= 11 is 0. The molecule has 1 saturated carbocycles. The average molecular weight is 215 g/mol. The van der Waals surface area contributed by atoms with Gasteiger partial charge in [0.1, 0.15) is 0 Å². The van der Waals surface area contributed by atoms with Crippen molar-refractivity contribution >= 4 is 0 Å². The lowest BCUT2D eigenvalue weighted by atomic mass is 9.84. The van der Waals surface area contributed by atoms with Crippen molar-refractivity contribution in [3.05, 3.63) is 0 Å². The average Bonchev–Trinajstić information content (AvgIpc) is 2.27. The Bertz CT molecular complexity index is 182. The summed E-state index contributed by atoms with van der Waals surface area (Å²) in [6.45, 7) is 4.75. The van der Waals surface area contributed by atoms with Crippen LogP contribution in [0.25, 0.3) is 0 Å². The Morgan fingerprint density at radius 1 is 1.33 bits per heavy atom. The molecule has 90 valence electrons. The van der Waals surface area contributed by atoms with E-state index in [-0.39, 0.29) is 6.61 Å². The summed E-state index contributed by atoms with van der Waals surface area (Å²) in [7, 11) is 0. The lowest BCUT2D eigenvalue weighted by Crippen LogP contribution is -2.47. The van der Waals surface area contributed by atoms with Gasteiger partial charge in [-0.3, -0.25) is 0 Å². The Hall–Kier alpha value is -0.120. The molecule has 3 heteroatoms. The molecule has 0 heterocycles. The van der Waals surface area contributed by atoms with Crippen molar-refractivity contribution in [1.29, 1.82) is 0 Å². The molecule has 1 rings (SSSR count). The molecule has 0 saturated heterocycles. The molecule has 3 atom stereocenters. The minimum absolute atomic E-state index is 0.270. The molecule has 0 aromatic heterocycles. The van der Waals surface area contributed by atoms with E-state index in [1.54, 1.807) is 0 Å². The van der Waals surface area contributed by atoms with Crippen LogP contribution in [0.5, 0.6) is 0 Å². The molecule has 0 aromatic carbocycles. The predicted octanol–water partition coefficient (Wildman–Crippen LogP) is 1.29. The van der Waals surface area contributed by atoms with Crippen LogP contribution in [0, 0.1) is 5.92 Å². The zero-order chi connectivity index (χ0) is 11.3. The van der Waals surface area contributed by atoms with Gasteiger partial charge in [0.15, 0.2) is 0 Å². The van der Waals surface area contributed by atoms with Gasteiger partial charge in [-0.05, 0) is 32.1 Å². The Morgan fingerprint density at radius 2 is 2.00 bits per heavy atom. The van der Waals surface area contributed by atoms with Crippen molar-refractivity contribution < 1.29 is 10.2 Å². The first-order valence-electron chi connectivity index (χ1n) is 6.15. The number of rotatable bonds is 5. The maximum Gasteiger partial charge on any atom is 0.0741 e. The number of aliphatic hydroxyl groups is 2. The molecule has 0 spiro atoms. The van der Waals surface area contributed by atoms with Crippen LogP contribution in [-0.2, 0) is 0 Å². The quantitative estimate of drug-likeness (QED) is 0.648. The number of nitrogens with one attached hydrogen (secondary N) is 1. The Labute approximate surface area is 92.9 Å². The molecular formula is C12H25NO2. The molecule has 15 heavy (non-hydrogen) atoms. The fourth-order valence-corrected chi connectivity index (χ4v) is 2.17. The van der Waals surface area contributed by atoms with E-state index in [1.807, 2.05) is 13.8 Å². The van der Waals surface area contributed by atoms with E-state index in [0.717, 1.165) is 19.3 Å². The van der Waals surface area contributed by atoms with Crippen LogP contribution in [0.1, 0.15) is 46.0 Å². The highest BCUT2D eigenvalue weighted by Gasteiger charge is 2.26. The van der Waals surface area contributed by atoms with Crippen LogP contribution >= 0.6 is 0 Å².